The summed E-state index contributed by atoms with van der Waals surface area (Å²) in [5.74, 6) is -1.49. The van der Waals surface area contributed by atoms with Crippen molar-refractivity contribution in [1.82, 2.24) is 4.90 Å². The molecule has 0 aliphatic heterocycles. The Morgan fingerprint density at radius 3 is 1.87 bits per heavy atom. The highest BCUT2D eigenvalue weighted by molar-refractivity contribution is 5.95. The summed E-state index contributed by atoms with van der Waals surface area (Å²) in [5, 5.41) is 0. The lowest BCUT2D eigenvalue weighted by Crippen LogP contribution is -2.35. The van der Waals surface area contributed by atoms with Crippen molar-refractivity contribution in [2.24, 2.45) is 5.73 Å². The second-order valence-electron chi connectivity index (χ2n) is 7.05. The molecular formula is C25H24N2O4. The number of nitrogens with two attached hydrogens (primary N) is 1. The number of carbonyl (C=O) groups is 3. The molecule has 6 heteroatoms. The van der Waals surface area contributed by atoms with Gasteiger partial charge in [0.2, 0.25) is 5.91 Å². The van der Waals surface area contributed by atoms with Crippen molar-refractivity contribution in [3.05, 3.63) is 107 Å². The average Bonchev–Trinajstić information content (AvgIpc) is 2.81. The van der Waals surface area contributed by atoms with Crippen LogP contribution >= 0.6 is 0 Å². The predicted octanol–water partition coefficient (Wildman–Crippen LogP) is 3.21. The Morgan fingerprint density at radius 2 is 1.29 bits per heavy atom. The van der Waals surface area contributed by atoms with Crippen molar-refractivity contribution < 1.29 is 19.1 Å². The number of carbonyl (C=O) groups excluding carboxylic acids is 3. The predicted molar refractivity (Wildman–Crippen MR) is 117 cm³/mol. The molecule has 0 aliphatic carbocycles. The molecule has 158 valence electrons. The summed E-state index contributed by atoms with van der Waals surface area (Å²) in [6.07, 6.45) is 0.696. The minimum Gasteiger partial charge on any atom is -0.452 e. The fourth-order valence-corrected chi connectivity index (χ4v) is 3.08. The molecule has 2 amide bonds. The van der Waals surface area contributed by atoms with Gasteiger partial charge in [0.25, 0.3) is 5.91 Å². The molecule has 0 radical (unpaired) electrons. The molecule has 0 fully saturated rings. The van der Waals surface area contributed by atoms with Gasteiger partial charge in [-0.3, -0.25) is 9.59 Å². The lowest BCUT2D eigenvalue weighted by atomic mass is 10.1. The highest BCUT2D eigenvalue weighted by atomic mass is 16.5. The minimum atomic E-state index is -0.632. The minimum absolute atomic E-state index is 0.247. The second kappa shape index (κ2) is 10.7. The molecule has 0 spiro atoms. The Kier molecular flexibility index (Phi) is 7.54. The van der Waals surface area contributed by atoms with Gasteiger partial charge in [0.1, 0.15) is 0 Å². The fourth-order valence-electron chi connectivity index (χ4n) is 3.08. The average molecular weight is 416 g/mol. The van der Waals surface area contributed by atoms with Gasteiger partial charge in [-0.05, 0) is 41.8 Å². The number of esters is 1. The van der Waals surface area contributed by atoms with Crippen LogP contribution in [-0.2, 0) is 22.5 Å². The SMILES string of the molecule is NC(=O)c1ccc(C(=O)OCC(=O)N(CCc2ccccc2)Cc2ccccc2)cc1. The maximum atomic E-state index is 12.8. The van der Waals surface area contributed by atoms with Gasteiger partial charge in [-0.2, -0.15) is 0 Å². The Morgan fingerprint density at radius 1 is 0.742 bits per heavy atom. The molecule has 0 atom stereocenters. The molecule has 2 N–H and O–H groups in total. The molecule has 3 aromatic rings. The van der Waals surface area contributed by atoms with E-state index in [1.54, 1.807) is 4.90 Å². The number of primary amides is 1. The van der Waals surface area contributed by atoms with E-state index in [0.717, 1.165) is 11.1 Å². The topological polar surface area (TPSA) is 89.7 Å². The van der Waals surface area contributed by atoms with Gasteiger partial charge in [-0.15, -0.1) is 0 Å². The highest BCUT2D eigenvalue weighted by Gasteiger charge is 2.17. The van der Waals surface area contributed by atoms with E-state index in [0.29, 0.717) is 25.1 Å². The molecule has 0 heterocycles. The summed E-state index contributed by atoms with van der Waals surface area (Å²) in [4.78, 5) is 37.9. The normalized spacial score (nSPS) is 10.3. The molecule has 6 nitrogen and oxygen atoms in total. The zero-order valence-corrected chi connectivity index (χ0v) is 17.1. The number of ether oxygens (including phenoxy) is 1. The zero-order valence-electron chi connectivity index (χ0n) is 17.1. The first kappa shape index (κ1) is 21.8. The van der Waals surface area contributed by atoms with E-state index in [-0.39, 0.29) is 18.1 Å². The van der Waals surface area contributed by atoms with E-state index in [9.17, 15) is 14.4 Å². The van der Waals surface area contributed by atoms with E-state index in [4.69, 9.17) is 10.5 Å². The summed E-state index contributed by atoms with van der Waals surface area (Å²) >= 11 is 0. The van der Waals surface area contributed by atoms with Crippen LogP contribution in [0.25, 0.3) is 0 Å². The molecule has 3 rings (SSSR count). The summed E-state index contributed by atoms with van der Waals surface area (Å²) < 4.78 is 5.21. The Balaban J connectivity index is 1.62. The summed E-state index contributed by atoms with van der Waals surface area (Å²) in [5.41, 5.74) is 7.86. The van der Waals surface area contributed by atoms with E-state index in [1.807, 2.05) is 60.7 Å². The number of nitrogens with zero attached hydrogens (tertiary/aromatic N) is 1. The van der Waals surface area contributed by atoms with Crippen molar-refractivity contribution in [3.63, 3.8) is 0 Å². The van der Waals surface area contributed by atoms with Crippen LogP contribution in [0.5, 0.6) is 0 Å². The van der Waals surface area contributed by atoms with Crippen LogP contribution in [0.3, 0.4) is 0 Å². The van der Waals surface area contributed by atoms with Crippen LogP contribution in [0.4, 0.5) is 0 Å². The highest BCUT2D eigenvalue weighted by Crippen LogP contribution is 2.10. The van der Waals surface area contributed by atoms with Crippen molar-refractivity contribution in [2.75, 3.05) is 13.2 Å². The van der Waals surface area contributed by atoms with E-state index in [2.05, 4.69) is 0 Å². The van der Waals surface area contributed by atoms with Crippen LogP contribution in [0.15, 0.2) is 84.9 Å². The first-order valence-corrected chi connectivity index (χ1v) is 9.95. The van der Waals surface area contributed by atoms with Gasteiger partial charge in [-0.1, -0.05) is 60.7 Å². The maximum absolute atomic E-state index is 12.8. The molecule has 3 aromatic carbocycles. The van der Waals surface area contributed by atoms with Gasteiger partial charge >= 0.3 is 5.97 Å². The second-order valence-corrected chi connectivity index (χ2v) is 7.05. The lowest BCUT2D eigenvalue weighted by Gasteiger charge is -2.23. The largest absolute Gasteiger partial charge is 0.452 e. The molecule has 0 bridgehead atoms. The summed E-state index contributed by atoms with van der Waals surface area (Å²) in [7, 11) is 0. The van der Waals surface area contributed by atoms with Gasteiger partial charge in [0.15, 0.2) is 6.61 Å². The number of benzene rings is 3. The molecular weight excluding hydrogens is 392 g/mol. The number of amides is 2. The first-order valence-electron chi connectivity index (χ1n) is 9.95. The first-order chi connectivity index (χ1) is 15.0. The van der Waals surface area contributed by atoms with Crippen molar-refractivity contribution in [1.29, 1.82) is 0 Å². The quantitative estimate of drug-likeness (QED) is 0.543. The monoisotopic (exact) mass is 416 g/mol. The smallest absolute Gasteiger partial charge is 0.338 e. The zero-order chi connectivity index (χ0) is 22.1. The maximum Gasteiger partial charge on any atom is 0.338 e. The summed E-state index contributed by atoms with van der Waals surface area (Å²) in [6.45, 7) is 0.567. The summed E-state index contributed by atoms with van der Waals surface area (Å²) in [6, 6.07) is 25.4. The van der Waals surface area contributed by atoms with Gasteiger partial charge in [0, 0.05) is 18.7 Å². The van der Waals surface area contributed by atoms with Crippen LogP contribution < -0.4 is 5.73 Å². The molecule has 0 saturated heterocycles. The number of hydrogen-bond donors (Lipinski definition) is 1. The number of hydrogen-bond acceptors (Lipinski definition) is 4. The Hall–Kier alpha value is -3.93. The van der Waals surface area contributed by atoms with Gasteiger partial charge in [0.05, 0.1) is 5.56 Å². The van der Waals surface area contributed by atoms with Crippen molar-refractivity contribution in [3.8, 4) is 0 Å². The van der Waals surface area contributed by atoms with E-state index in [1.165, 1.54) is 24.3 Å². The van der Waals surface area contributed by atoms with E-state index < -0.39 is 11.9 Å². The molecule has 31 heavy (non-hydrogen) atoms. The van der Waals surface area contributed by atoms with Gasteiger partial charge in [-0.25, -0.2) is 4.79 Å². The van der Waals surface area contributed by atoms with Crippen LogP contribution in [0.2, 0.25) is 0 Å². The third kappa shape index (κ3) is 6.54. The van der Waals surface area contributed by atoms with Crippen molar-refractivity contribution >= 4 is 17.8 Å². The third-order valence-electron chi connectivity index (χ3n) is 4.81. The Labute approximate surface area is 181 Å². The van der Waals surface area contributed by atoms with Crippen LogP contribution in [-0.4, -0.2) is 35.8 Å². The van der Waals surface area contributed by atoms with Crippen LogP contribution in [0.1, 0.15) is 31.8 Å². The third-order valence-corrected chi connectivity index (χ3v) is 4.81. The van der Waals surface area contributed by atoms with Crippen LogP contribution in [0, 0.1) is 0 Å². The lowest BCUT2D eigenvalue weighted by molar-refractivity contribution is -0.135. The molecule has 0 aliphatic rings. The molecule has 0 unspecified atom stereocenters. The van der Waals surface area contributed by atoms with Crippen molar-refractivity contribution in [2.45, 2.75) is 13.0 Å². The number of rotatable bonds is 9. The standard InChI is InChI=1S/C25H24N2O4/c26-24(29)21-11-13-22(14-12-21)25(30)31-18-23(28)27(17-20-9-5-2-6-10-20)16-15-19-7-3-1-4-8-19/h1-14H,15-18H2,(H2,26,29). The fraction of sp³-hybridized carbons (Fsp3) is 0.160. The van der Waals surface area contributed by atoms with E-state index >= 15 is 0 Å². The Bertz CT molecular complexity index is 1020. The van der Waals surface area contributed by atoms with Gasteiger partial charge < -0.3 is 15.4 Å². The molecule has 0 aromatic heterocycles. The molecule has 0 saturated carbocycles.